The van der Waals surface area contributed by atoms with E-state index in [-0.39, 0.29) is 0 Å². The number of hydrogen-bond donors (Lipinski definition) is 1. The van der Waals surface area contributed by atoms with Crippen LogP contribution in [0.2, 0.25) is 0 Å². The highest BCUT2D eigenvalue weighted by molar-refractivity contribution is 4.87. The zero-order valence-electron chi connectivity index (χ0n) is 8.22. The molecule has 0 heterocycles. The predicted octanol–water partition coefficient (Wildman–Crippen LogP) is 2.92. The Morgan fingerprint density at radius 3 is 2.27 bits per heavy atom. The van der Waals surface area contributed by atoms with E-state index in [9.17, 15) is 0 Å². The lowest BCUT2D eigenvalue weighted by molar-refractivity contribution is 0.212. The van der Waals surface area contributed by atoms with Gasteiger partial charge in [0.25, 0.3) is 0 Å². The van der Waals surface area contributed by atoms with Gasteiger partial charge in [0.2, 0.25) is 0 Å². The molecule has 0 aliphatic carbocycles. The third-order valence-corrected chi connectivity index (χ3v) is 2.92. The molecule has 0 saturated carbocycles. The zero-order chi connectivity index (χ0) is 8.91. The van der Waals surface area contributed by atoms with Gasteiger partial charge < -0.3 is 5.73 Å². The van der Waals surface area contributed by atoms with Crippen molar-refractivity contribution in [3.8, 4) is 0 Å². The summed E-state index contributed by atoms with van der Waals surface area (Å²) in [6.45, 7) is 9.10. The number of nitrogens with two attached hydrogens (primary N) is 1. The summed E-state index contributed by atoms with van der Waals surface area (Å²) < 4.78 is 0. The first-order valence-corrected chi connectivity index (χ1v) is 4.43. The summed E-state index contributed by atoms with van der Waals surface area (Å²) in [5.74, 6) is 0.726. The highest BCUT2D eigenvalue weighted by Crippen LogP contribution is 2.34. The Morgan fingerprint density at radius 1 is 1.45 bits per heavy atom. The lowest BCUT2D eigenvalue weighted by atomic mass is 9.74. The van der Waals surface area contributed by atoms with Gasteiger partial charge in [-0.25, -0.2) is 0 Å². The molecule has 0 radical (unpaired) electrons. The maximum atomic E-state index is 5.31. The van der Waals surface area contributed by atoms with E-state index in [0.29, 0.717) is 5.41 Å². The standard InChI is InChI=1S/C10H21N/c1-5-10(4,9(2)3)7-6-8-11/h6,8-9H,5,7,11H2,1-4H3/b8-6-. The molecule has 0 amide bonds. The van der Waals surface area contributed by atoms with E-state index < -0.39 is 0 Å². The van der Waals surface area contributed by atoms with Gasteiger partial charge in [-0.15, -0.1) is 0 Å². The van der Waals surface area contributed by atoms with Gasteiger partial charge in [-0.3, -0.25) is 0 Å². The average Bonchev–Trinajstić information content (AvgIpc) is 2.00. The molecule has 0 saturated heterocycles. The normalized spacial score (nSPS) is 17.5. The van der Waals surface area contributed by atoms with Crippen LogP contribution < -0.4 is 5.73 Å². The van der Waals surface area contributed by atoms with Crippen molar-refractivity contribution in [2.75, 3.05) is 0 Å². The minimum atomic E-state index is 0.426. The molecule has 0 aliphatic heterocycles. The molecule has 0 rings (SSSR count). The van der Waals surface area contributed by atoms with Gasteiger partial charge >= 0.3 is 0 Å². The molecule has 1 nitrogen and oxygen atoms in total. The molecule has 1 atom stereocenters. The first kappa shape index (κ1) is 10.5. The number of rotatable bonds is 4. The monoisotopic (exact) mass is 155 g/mol. The van der Waals surface area contributed by atoms with Crippen LogP contribution in [-0.4, -0.2) is 0 Å². The van der Waals surface area contributed by atoms with Crippen LogP contribution in [0.4, 0.5) is 0 Å². The Bertz CT molecular complexity index is 127. The molecule has 2 N–H and O–H groups in total. The quantitative estimate of drug-likeness (QED) is 0.663. The van der Waals surface area contributed by atoms with Gasteiger partial charge in [-0.05, 0) is 24.0 Å². The maximum absolute atomic E-state index is 5.31. The van der Waals surface area contributed by atoms with Crippen molar-refractivity contribution >= 4 is 0 Å². The van der Waals surface area contributed by atoms with Crippen molar-refractivity contribution in [1.29, 1.82) is 0 Å². The van der Waals surface area contributed by atoms with Crippen LogP contribution in [0.3, 0.4) is 0 Å². The smallest absolute Gasteiger partial charge is 0.0103 e. The van der Waals surface area contributed by atoms with Gasteiger partial charge in [-0.1, -0.05) is 40.2 Å². The van der Waals surface area contributed by atoms with Crippen LogP contribution in [0.15, 0.2) is 12.3 Å². The van der Waals surface area contributed by atoms with E-state index in [0.717, 1.165) is 12.3 Å². The zero-order valence-corrected chi connectivity index (χ0v) is 8.22. The number of allylic oxidation sites excluding steroid dienone is 1. The summed E-state index contributed by atoms with van der Waals surface area (Å²) >= 11 is 0. The first-order valence-electron chi connectivity index (χ1n) is 4.43. The Kier molecular flexibility index (Phi) is 4.24. The second kappa shape index (κ2) is 4.42. The van der Waals surface area contributed by atoms with Crippen molar-refractivity contribution in [2.45, 2.75) is 40.5 Å². The SMILES string of the molecule is CCC(C)(C/C=C\N)C(C)C. The molecule has 1 heteroatoms. The maximum Gasteiger partial charge on any atom is -0.0103 e. The van der Waals surface area contributed by atoms with Crippen LogP contribution >= 0.6 is 0 Å². The molecule has 1 unspecified atom stereocenters. The minimum absolute atomic E-state index is 0.426. The molecule has 0 bridgehead atoms. The lowest BCUT2D eigenvalue weighted by Gasteiger charge is -2.31. The predicted molar refractivity (Wildman–Crippen MR) is 51.2 cm³/mol. The van der Waals surface area contributed by atoms with Crippen LogP contribution in [0.5, 0.6) is 0 Å². The van der Waals surface area contributed by atoms with Crippen molar-refractivity contribution in [1.82, 2.24) is 0 Å². The molecular weight excluding hydrogens is 134 g/mol. The van der Waals surface area contributed by atoms with Gasteiger partial charge in [0.05, 0.1) is 0 Å². The third kappa shape index (κ3) is 2.96. The Labute approximate surface area is 70.7 Å². The van der Waals surface area contributed by atoms with E-state index in [1.54, 1.807) is 6.20 Å². The second-order valence-electron chi connectivity index (χ2n) is 3.79. The van der Waals surface area contributed by atoms with Crippen LogP contribution in [0.1, 0.15) is 40.5 Å². The van der Waals surface area contributed by atoms with E-state index >= 15 is 0 Å². The molecule has 11 heavy (non-hydrogen) atoms. The Hall–Kier alpha value is -0.460. The van der Waals surface area contributed by atoms with Gasteiger partial charge in [0.15, 0.2) is 0 Å². The van der Waals surface area contributed by atoms with Crippen molar-refractivity contribution in [3.05, 3.63) is 12.3 Å². The Morgan fingerprint density at radius 2 is 2.00 bits per heavy atom. The van der Waals surface area contributed by atoms with Gasteiger partial charge in [-0.2, -0.15) is 0 Å². The largest absolute Gasteiger partial charge is 0.405 e. The fourth-order valence-corrected chi connectivity index (χ4v) is 1.13. The highest BCUT2D eigenvalue weighted by Gasteiger charge is 2.24. The minimum Gasteiger partial charge on any atom is -0.405 e. The first-order chi connectivity index (χ1) is 5.06. The molecule has 0 spiro atoms. The average molecular weight is 155 g/mol. The summed E-state index contributed by atoms with van der Waals surface area (Å²) in [7, 11) is 0. The highest BCUT2D eigenvalue weighted by atomic mass is 14.5. The van der Waals surface area contributed by atoms with Crippen LogP contribution in [-0.2, 0) is 0 Å². The second-order valence-corrected chi connectivity index (χ2v) is 3.79. The molecular formula is C10H21N. The number of hydrogen-bond acceptors (Lipinski definition) is 1. The summed E-state index contributed by atoms with van der Waals surface area (Å²) in [4.78, 5) is 0. The van der Waals surface area contributed by atoms with Crippen LogP contribution in [0, 0.1) is 11.3 Å². The third-order valence-electron chi connectivity index (χ3n) is 2.92. The fraction of sp³-hybridized carbons (Fsp3) is 0.800. The van der Waals surface area contributed by atoms with Gasteiger partial charge in [0.1, 0.15) is 0 Å². The van der Waals surface area contributed by atoms with Crippen molar-refractivity contribution < 1.29 is 0 Å². The van der Waals surface area contributed by atoms with Crippen molar-refractivity contribution in [2.24, 2.45) is 17.1 Å². The van der Waals surface area contributed by atoms with E-state index in [1.807, 2.05) is 0 Å². The van der Waals surface area contributed by atoms with Crippen molar-refractivity contribution in [3.63, 3.8) is 0 Å². The summed E-state index contributed by atoms with van der Waals surface area (Å²) in [5, 5.41) is 0. The van der Waals surface area contributed by atoms with Crippen LogP contribution in [0.25, 0.3) is 0 Å². The van der Waals surface area contributed by atoms with Gasteiger partial charge in [0, 0.05) is 0 Å². The van der Waals surface area contributed by atoms with E-state index in [4.69, 9.17) is 5.73 Å². The molecule has 66 valence electrons. The molecule has 0 aromatic carbocycles. The summed E-state index contributed by atoms with van der Waals surface area (Å²) in [5.41, 5.74) is 5.74. The molecule has 0 aromatic rings. The molecule has 0 aliphatic rings. The summed E-state index contributed by atoms with van der Waals surface area (Å²) in [6.07, 6.45) is 6.02. The topological polar surface area (TPSA) is 26.0 Å². The summed E-state index contributed by atoms with van der Waals surface area (Å²) in [6, 6.07) is 0. The van der Waals surface area contributed by atoms with E-state index in [2.05, 4.69) is 33.8 Å². The van der Waals surface area contributed by atoms with E-state index in [1.165, 1.54) is 6.42 Å². The molecule has 0 aromatic heterocycles. The molecule has 0 fully saturated rings. The fourth-order valence-electron chi connectivity index (χ4n) is 1.13. The Balaban J connectivity index is 4.10. The lowest BCUT2D eigenvalue weighted by Crippen LogP contribution is -2.21.